The summed E-state index contributed by atoms with van der Waals surface area (Å²) in [5, 5.41) is 5.44. The van der Waals surface area contributed by atoms with Crippen LogP contribution in [0.2, 0.25) is 0 Å². The Morgan fingerprint density at radius 3 is 2.72 bits per heavy atom. The van der Waals surface area contributed by atoms with E-state index in [9.17, 15) is 13.2 Å². The molecule has 148 valence electrons. The number of amidine groups is 1. The van der Waals surface area contributed by atoms with E-state index in [-0.39, 0.29) is 34.6 Å². The van der Waals surface area contributed by atoms with Gasteiger partial charge in [0.1, 0.15) is 11.2 Å². The molecular weight excluding hydrogens is 394 g/mol. The minimum absolute atomic E-state index is 0.0732. The number of nitrogens with one attached hydrogen (secondary N) is 2. The van der Waals surface area contributed by atoms with E-state index in [1.54, 1.807) is 0 Å². The van der Waals surface area contributed by atoms with Crippen LogP contribution in [0.5, 0.6) is 0 Å². The van der Waals surface area contributed by atoms with Gasteiger partial charge in [0, 0.05) is 12.2 Å². The number of carbonyl (C=O) groups is 1. The first-order valence-corrected chi connectivity index (χ1v) is 10.1. The average molecular weight is 411 g/mol. The van der Waals surface area contributed by atoms with E-state index in [2.05, 4.69) is 20.0 Å². The molecule has 0 bridgehead atoms. The van der Waals surface area contributed by atoms with Gasteiger partial charge in [0.2, 0.25) is 11.7 Å². The Balaban J connectivity index is 1.55. The third-order valence-electron chi connectivity index (χ3n) is 4.38. The molecule has 3 aromatic rings. The number of aromatic nitrogens is 1. The first-order chi connectivity index (χ1) is 13.9. The Hall–Kier alpha value is -3.66. The molecule has 0 saturated carbocycles. The van der Waals surface area contributed by atoms with Crippen molar-refractivity contribution < 1.29 is 17.6 Å². The van der Waals surface area contributed by atoms with Crippen LogP contribution >= 0.6 is 0 Å². The number of oxazole rings is 1. The number of anilines is 2. The summed E-state index contributed by atoms with van der Waals surface area (Å²) in [5.74, 6) is -0.892. The average Bonchev–Trinajstić information content (AvgIpc) is 3.23. The SMILES string of the molecule is Nc1ccc2c(c1)S(=O)(=O)N=C(C(=O)NCC(c1ccccc1)c1ncco1)N2. The molecule has 0 saturated heterocycles. The summed E-state index contributed by atoms with van der Waals surface area (Å²) in [5.41, 5.74) is 7.06. The molecule has 1 aromatic heterocycles. The van der Waals surface area contributed by atoms with Crippen molar-refractivity contribution in [1.82, 2.24) is 10.3 Å². The molecule has 4 N–H and O–H groups in total. The third-order valence-corrected chi connectivity index (χ3v) is 5.70. The Labute approximate surface area is 166 Å². The zero-order valence-corrected chi connectivity index (χ0v) is 15.9. The Morgan fingerprint density at radius 2 is 2.00 bits per heavy atom. The van der Waals surface area contributed by atoms with E-state index >= 15 is 0 Å². The fraction of sp³-hybridized carbons (Fsp3) is 0.105. The minimum atomic E-state index is -4.04. The van der Waals surface area contributed by atoms with E-state index in [4.69, 9.17) is 10.2 Å². The lowest BCUT2D eigenvalue weighted by atomic mass is 9.99. The van der Waals surface area contributed by atoms with Gasteiger partial charge in [-0.2, -0.15) is 8.42 Å². The lowest BCUT2D eigenvalue weighted by Crippen LogP contribution is -2.40. The summed E-state index contributed by atoms with van der Waals surface area (Å²) in [6.07, 6.45) is 2.98. The first-order valence-electron chi connectivity index (χ1n) is 8.68. The zero-order valence-electron chi connectivity index (χ0n) is 15.1. The highest BCUT2D eigenvalue weighted by atomic mass is 32.2. The maximum absolute atomic E-state index is 12.6. The highest BCUT2D eigenvalue weighted by Crippen LogP contribution is 2.29. The smallest absolute Gasteiger partial charge is 0.287 e. The van der Waals surface area contributed by atoms with E-state index < -0.39 is 15.9 Å². The highest BCUT2D eigenvalue weighted by molar-refractivity contribution is 7.90. The van der Waals surface area contributed by atoms with Crippen LogP contribution < -0.4 is 16.4 Å². The predicted octanol–water partition coefficient (Wildman–Crippen LogP) is 1.72. The van der Waals surface area contributed by atoms with Gasteiger partial charge in [0.05, 0.1) is 17.8 Å². The fourth-order valence-corrected chi connectivity index (χ4v) is 4.14. The maximum Gasteiger partial charge on any atom is 0.287 e. The Bertz CT molecular complexity index is 1170. The molecule has 29 heavy (non-hydrogen) atoms. The molecule has 1 amide bonds. The van der Waals surface area contributed by atoms with Gasteiger partial charge >= 0.3 is 0 Å². The standard InChI is InChI=1S/C19H17N5O4S/c20-13-6-7-15-16(10-13)29(26,27)24-17(23-15)18(25)22-11-14(19-21-8-9-28-19)12-4-2-1-3-5-12/h1-10,14H,11,20H2,(H,22,25)(H,23,24). The van der Waals surface area contributed by atoms with Crippen molar-refractivity contribution in [3.8, 4) is 0 Å². The Kier molecular flexibility index (Phi) is 4.77. The molecule has 9 nitrogen and oxygen atoms in total. The number of carbonyl (C=O) groups excluding carboxylic acids is 1. The van der Waals surface area contributed by atoms with Crippen molar-refractivity contribution in [2.45, 2.75) is 10.8 Å². The monoisotopic (exact) mass is 411 g/mol. The van der Waals surface area contributed by atoms with E-state index in [1.165, 1.54) is 30.7 Å². The molecule has 0 radical (unpaired) electrons. The normalized spacial score (nSPS) is 15.5. The van der Waals surface area contributed by atoms with Crippen LogP contribution in [-0.4, -0.2) is 31.7 Å². The van der Waals surface area contributed by atoms with E-state index in [1.807, 2.05) is 30.3 Å². The zero-order chi connectivity index (χ0) is 20.4. The van der Waals surface area contributed by atoms with Gasteiger partial charge in [-0.1, -0.05) is 30.3 Å². The molecule has 0 fully saturated rings. The summed E-state index contributed by atoms with van der Waals surface area (Å²) < 4.78 is 33.8. The molecule has 1 aliphatic heterocycles. The number of hydrogen-bond donors (Lipinski definition) is 3. The van der Waals surface area contributed by atoms with Crippen LogP contribution in [0, 0.1) is 0 Å². The number of fused-ring (bicyclic) bond motifs is 1. The number of sulfonamides is 1. The second kappa shape index (κ2) is 7.40. The molecule has 0 aliphatic carbocycles. The summed E-state index contributed by atoms with van der Waals surface area (Å²) in [4.78, 5) is 16.7. The van der Waals surface area contributed by atoms with Crippen molar-refractivity contribution in [3.63, 3.8) is 0 Å². The van der Waals surface area contributed by atoms with Crippen molar-refractivity contribution in [1.29, 1.82) is 0 Å². The van der Waals surface area contributed by atoms with Crippen molar-refractivity contribution >= 4 is 33.1 Å². The molecule has 1 atom stereocenters. The number of hydrogen-bond acceptors (Lipinski definition) is 7. The molecule has 10 heteroatoms. The van der Waals surface area contributed by atoms with Crippen molar-refractivity contribution in [3.05, 3.63) is 72.4 Å². The van der Waals surface area contributed by atoms with Gasteiger partial charge in [-0.25, -0.2) is 4.98 Å². The third kappa shape index (κ3) is 3.83. The number of amides is 1. The quantitative estimate of drug-likeness (QED) is 0.543. The van der Waals surface area contributed by atoms with Gasteiger partial charge in [-0.05, 0) is 23.8 Å². The largest absolute Gasteiger partial charge is 0.448 e. The van der Waals surface area contributed by atoms with Gasteiger partial charge in [0.25, 0.3) is 15.9 Å². The molecule has 2 heterocycles. The molecular formula is C19H17N5O4S. The van der Waals surface area contributed by atoms with Gasteiger partial charge < -0.3 is 20.8 Å². The van der Waals surface area contributed by atoms with E-state index in [0.29, 0.717) is 5.89 Å². The summed E-state index contributed by atoms with van der Waals surface area (Å²) >= 11 is 0. The van der Waals surface area contributed by atoms with Crippen LogP contribution in [0.25, 0.3) is 0 Å². The number of benzene rings is 2. The molecule has 4 rings (SSSR count). The van der Waals surface area contributed by atoms with Crippen LogP contribution in [0.15, 0.2) is 74.7 Å². The van der Waals surface area contributed by atoms with Crippen LogP contribution in [0.4, 0.5) is 11.4 Å². The van der Waals surface area contributed by atoms with Crippen molar-refractivity contribution in [2.24, 2.45) is 4.40 Å². The summed E-state index contributed by atoms with van der Waals surface area (Å²) in [6.45, 7) is 0.138. The Morgan fingerprint density at radius 1 is 1.21 bits per heavy atom. The van der Waals surface area contributed by atoms with E-state index in [0.717, 1.165) is 5.56 Å². The number of nitrogen functional groups attached to an aromatic ring is 1. The number of nitrogens with zero attached hydrogens (tertiary/aromatic N) is 2. The molecule has 1 aliphatic rings. The lowest BCUT2D eigenvalue weighted by Gasteiger charge is -2.19. The van der Waals surface area contributed by atoms with Gasteiger partial charge in [-0.15, -0.1) is 4.40 Å². The predicted molar refractivity (Wildman–Crippen MR) is 107 cm³/mol. The second-order valence-electron chi connectivity index (χ2n) is 6.34. The number of rotatable bonds is 5. The summed E-state index contributed by atoms with van der Waals surface area (Å²) in [7, 11) is -4.04. The van der Waals surface area contributed by atoms with Crippen LogP contribution in [0.1, 0.15) is 17.4 Å². The maximum atomic E-state index is 12.6. The van der Waals surface area contributed by atoms with Crippen LogP contribution in [-0.2, 0) is 14.8 Å². The lowest BCUT2D eigenvalue weighted by molar-refractivity contribution is -0.114. The van der Waals surface area contributed by atoms with Gasteiger partial charge in [0.15, 0.2) is 0 Å². The van der Waals surface area contributed by atoms with Crippen LogP contribution in [0.3, 0.4) is 0 Å². The highest BCUT2D eigenvalue weighted by Gasteiger charge is 2.29. The first kappa shape index (κ1) is 18.7. The molecule has 2 aromatic carbocycles. The fourth-order valence-electron chi connectivity index (χ4n) is 2.99. The van der Waals surface area contributed by atoms with Gasteiger partial charge in [-0.3, -0.25) is 4.79 Å². The summed E-state index contributed by atoms with van der Waals surface area (Å²) in [6, 6.07) is 13.7. The molecule has 0 spiro atoms. The number of nitrogens with two attached hydrogens (primary N) is 1. The topological polar surface area (TPSA) is 140 Å². The second-order valence-corrected chi connectivity index (χ2v) is 7.91. The molecule has 1 unspecified atom stereocenters. The van der Waals surface area contributed by atoms with Crippen molar-refractivity contribution in [2.75, 3.05) is 17.6 Å². The minimum Gasteiger partial charge on any atom is -0.448 e.